The Hall–Kier alpha value is 0.780. The predicted molar refractivity (Wildman–Crippen MR) is 156 cm³/mol. The molecule has 0 atom stereocenters. The predicted octanol–water partition coefficient (Wildman–Crippen LogP) is 8.66. The van der Waals surface area contributed by atoms with Crippen molar-refractivity contribution in [2.75, 3.05) is 25.4 Å². The van der Waals surface area contributed by atoms with Crippen molar-refractivity contribution in [3.05, 3.63) is 0 Å². The normalized spacial score (nSPS) is 15.2. The molecular weight excluding hydrogens is 426 g/mol. The summed E-state index contributed by atoms with van der Waals surface area (Å²) in [4.78, 5) is 0. The third-order valence-corrected chi connectivity index (χ3v) is 15.1. The van der Waals surface area contributed by atoms with Crippen molar-refractivity contribution in [3.8, 4) is 0 Å². The lowest BCUT2D eigenvalue weighted by Crippen LogP contribution is -2.63. The highest BCUT2D eigenvalue weighted by Crippen LogP contribution is 2.60. The van der Waals surface area contributed by atoms with Gasteiger partial charge < -0.3 is 10.6 Å². The van der Waals surface area contributed by atoms with Gasteiger partial charge in [0.2, 0.25) is 0 Å². The van der Waals surface area contributed by atoms with Gasteiger partial charge in [-0.2, -0.15) is 0 Å². The Balaban J connectivity index is 4.73. The Morgan fingerprint density at radius 2 is 0.625 bits per heavy atom. The maximum atomic E-state index is 3.91. The highest BCUT2D eigenvalue weighted by Gasteiger charge is 2.38. The first-order chi connectivity index (χ1) is 13.9. The number of rotatable bonds is 11. The van der Waals surface area contributed by atoms with Gasteiger partial charge in [-0.1, -0.05) is 98.9 Å². The average Bonchev–Trinajstić information content (AvgIpc) is 2.48. The summed E-state index contributed by atoms with van der Waals surface area (Å²) >= 11 is 0. The van der Waals surface area contributed by atoms with Gasteiger partial charge >= 0.3 is 0 Å². The van der Waals surface area contributed by atoms with Crippen LogP contribution in [0.4, 0.5) is 0 Å². The quantitative estimate of drug-likeness (QED) is 0.224. The Kier molecular flexibility index (Phi) is 12.0. The summed E-state index contributed by atoms with van der Waals surface area (Å²) in [6, 6.07) is 0. The summed E-state index contributed by atoms with van der Waals surface area (Å²) in [5.41, 5.74) is 0.107. The second kappa shape index (κ2) is 11.7. The summed E-state index contributed by atoms with van der Waals surface area (Å²) in [6.45, 7) is 40.8. The third kappa shape index (κ3) is 11.0. The fourth-order valence-corrected chi connectivity index (χ4v) is 12.7. The number of nitrogens with one attached hydrogen (secondary N) is 2. The van der Waals surface area contributed by atoms with Crippen molar-refractivity contribution in [1.29, 1.82) is 0 Å². The van der Waals surface area contributed by atoms with Crippen LogP contribution < -0.4 is 10.6 Å². The van der Waals surface area contributed by atoms with Gasteiger partial charge in [-0.3, -0.25) is 0 Å². The highest BCUT2D eigenvalue weighted by atomic mass is 31.1. The molecule has 0 amide bonds. The molecule has 0 aliphatic rings. The van der Waals surface area contributed by atoms with Gasteiger partial charge in [-0.05, 0) is 86.6 Å². The molecule has 194 valence electrons. The fourth-order valence-electron chi connectivity index (χ4n) is 5.07. The molecule has 0 aromatic rings. The minimum absolute atomic E-state index is 0.00959. The van der Waals surface area contributed by atoms with Crippen LogP contribution in [0.3, 0.4) is 0 Å². The van der Waals surface area contributed by atoms with E-state index in [9.17, 15) is 0 Å². The van der Waals surface area contributed by atoms with Gasteiger partial charge in [0, 0.05) is 11.1 Å². The van der Waals surface area contributed by atoms with Crippen molar-refractivity contribution in [2.45, 2.75) is 155 Å². The summed E-state index contributed by atoms with van der Waals surface area (Å²) < 4.78 is 0. The lowest BCUT2D eigenvalue weighted by molar-refractivity contribution is 0.194. The molecule has 0 aromatic carbocycles. The first kappa shape index (κ1) is 32.8. The Bertz CT molecular complexity index is 462. The third-order valence-electron chi connectivity index (χ3n) is 7.05. The maximum Gasteiger partial charge on any atom is 0.0301 e. The highest BCUT2D eigenvalue weighted by molar-refractivity contribution is 7.61. The molecule has 2 nitrogen and oxygen atoms in total. The second-order valence-electron chi connectivity index (χ2n) is 14.8. The molecule has 0 bridgehead atoms. The van der Waals surface area contributed by atoms with E-state index in [0.29, 0.717) is 20.6 Å². The molecule has 0 radical (unpaired) electrons. The SMILES string of the molecule is CC(C)(C)P(CCCNC(C)(C)C(C)(C)NCCCP(C(C)(C)C)C(C)(C)C)C(C)(C)C. The molecule has 32 heavy (non-hydrogen) atoms. The summed E-state index contributed by atoms with van der Waals surface area (Å²) in [7, 11) is -0.0192. The van der Waals surface area contributed by atoms with Crippen molar-refractivity contribution < 1.29 is 0 Å². The standard InChI is InChI=1S/C28H62N2P2/c1-23(2,3)31(24(4,5)6)21-17-19-29-27(13,14)28(15,16)30-20-18-22-32(25(7,8)9)26(10,11)12/h29-30H,17-22H2,1-16H3. The molecule has 0 fully saturated rings. The van der Waals surface area contributed by atoms with E-state index < -0.39 is 0 Å². The Labute approximate surface area is 207 Å². The Morgan fingerprint density at radius 1 is 0.406 bits per heavy atom. The number of hydrogen-bond donors (Lipinski definition) is 2. The molecule has 0 heterocycles. The smallest absolute Gasteiger partial charge is 0.0301 e. The van der Waals surface area contributed by atoms with E-state index in [1.165, 1.54) is 25.2 Å². The van der Waals surface area contributed by atoms with E-state index in [0.717, 1.165) is 13.1 Å². The molecule has 4 heteroatoms. The van der Waals surface area contributed by atoms with E-state index in [-0.39, 0.29) is 26.9 Å². The van der Waals surface area contributed by atoms with Crippen LogP contribution in [0.15, 0.2) is 0 Å². The van der Waals surface area contributed by atoms with Gasteiger partial charge in [0.25, 0.3) is 0 Å². The van der Waals surface area contributed by atoms with Crippen LogP contribution in [0.1, 0.15) is 124 Å². The number of hydrogen-bond acceptors (Lipinski definition) is 2. The monoisotopic (exact) mass is 488 g/mol. The van der Waals surface area contributed by atoms with Gasteiger partial charge in [-0.15, -0.1) is 0 Å². The molecule has 0 unspecified atom stereocenters. The van der Waals surface area contributed by atoms with Crippen molar-refractivity contribution in [2.24, 2.45) is 0 Å². The van der Waals surface area contributed by atoms with Crippen LogP contribution >= 0.6 is 15.8 Å². The van der Waals surface area contributed by atoms with Crippen LogP contribution in [0.25, 0.3) is 0 Å². The van der Waals surface area contributed by atoms with Crippen molar-refractivity contribution >= 4 is 15.8 Å². The van der Waals surface area contributed by atoms with Gasteiger partial charge in [-0.25, -0.2) is 0 Å². The van der Waals surface area contributed by atoms with E-state index in [1.54, 1.807) is 0 Å². The summed E-state index contributed by atoms with van der Waals surface area (Å²) in [5.74, 6) is 0. The first-order valence-electron chi connectivity index (χ1n) is 13.0. The molecule has 0 aliphatic carbocycles. The van der Waals surface area contributed by atoms with Crippen LogP contribution in [-0.2, 0) is 0 Å². The molecule has 0 spiro atoms. The van der Waals surface area contributed by atoms with Gasteiger partial charge in [0.05, 0.1) is 0 Å². The van der Waals surface area contributed by atoms with E-state index in [1.807, 2.05) is 0 Å². The van der Waals surface area contributed by atoms with Crippen LogP contribution in [0.5, 0.6) is 0 Å². The fraction of sp³-hybridized carbons (Fsp3) is 1.00. The summed E-state index contributed by atoms with van der Waals surface area (Å²) in [6.07, 6.45) is 5.23. The van der Waals surface area contributed by atoms with Crippen LogP contribution in [0, 0.1) is 0 Å². The minimum Gasteiger partial charge on any atom is -0.310 e. The molecule has 2 N–H and O–H groups in total. The van der Waals surface area contributed by atoms with E-state index in [4.69, 9.17) is 0 Å². The molecule has 0 saturated heterocycles. The van der Waals surface area contributed by atoms with Gasteiger partial charge in [0.15, 0.2) is 0 Å². The zero-order chi connectivity index (χ0) is 25.8. The second-order valence-corrected chi connectivity index (χ2v) is 22.8. The lowest BCUT2D eigenvalue weighted by atomic mass is 9.82. The van der Waals surface area contributed by atoms with Gasteiger partial charge in [0.1, 0.15) is 0 Å². The van der Waals surface area contributed by atoms with E-state index in [2.05, 4.69) is 121 Å². The molecule has 0 aromatic heterocycles. The lowest BCUT2D eigenvalue weighted by Gasteiger charge is -2.45. The largest absolute Gasteiger partial charge is 0.310 e. The zero-order valence-electron chi connectivity index (χ0n) is 25.1. The van der Waals surface area contributed by atoms with Crippen LogP contribution in [-0.4, -0.2) is 57.1 Å². The first-order valence-corrected chi connectivity index (χ1v) is 16.0. The molecule has 0 aliphatic heterocycles. The minimum atomic E-state index is -0.00959. The van der Waals surface area contributed by atoms with Crippen molar-refractivity contribution in [3.63, 3.8) is 0 Å². The molecule has 0 rings (SSSR count). The maximum absolute atomic E-state index is 3.91. The Morgan fingerprint density at radius 3 is 0.812 bits per heavy atom. The zero-order valence-corrected chi connectivity index (χ0v) is 26.9. The molecular formula is C28H62N2P2. The van der Waals surface area contributed by atoms with E-state index >= 15 is 0 Å². The summed E-state index contributed by atoms with van der Waals surface area (Å²) in [5, 5.41) is 9.50. The topological polar surface area (TPSA) is 24.1 Å². The van der Waals surface area contributed by atoms with Crippen molar-refractivity contribution in [1.82, 2.24) is 10.6 Å². The van der Waals surface area contributed by atoms with Crippen LogP contribution in [0.2, 0.25) is 0 Å². The molecule has 0 saturated carbocycles. The average molecular weight is 489 g/mol.